The Hall–Kier alpha value is -2.18. The van der Waals surface area contributed by atoms with Crippen molar-refractivity contribution < 1.29 is 9.59 Å². The van der Waals surface area contributed by atoms with Crippen LogP contribution in [0.5, 0.6) is 0 Å². The number of nitrogens with zero attached hydrogens (tertiary/aromatic N) is 5. The molecule has 0 bridgehead atoms. The van der Waals surface area contributed by atoms with Gasteiger partial charge in [-0.15, -0.1) is 0 Å². The number of anilines is 1. The van der Waals surface area contributed by atoms with Crippen LogP contribution in [-0.4, -0.2) is 70.9 Å². The molecule has 2 aliphatic rings. The fourth-order valence-corrected chi connectivity index (χ4v) is 3.26. The molecule has 0 spiro atoms. The average Bonchev–Trinajstić information content (AvgIpc) is 2.62. The maximum Gasteiger partial charge on any atom is 0.227 e. The molecule has 1 aromatic rings. The first-order valence-corrected chi connectivity index (χ1v) is 8.27. The number of aromatic nitrogens is 2. The fourth-order valence-electron chi connectivity index (χ4n) is 3.26. The molecule has 0 aliphatic carbocycles. The molecule has 0 aromatic carbocycles. The van der Waals surface area contributed by atoms with Crippen LogP contribution in [0.3, 0.4) is 0 Å². The highest BCUT2D eigenvalue weighted by Gasteiger charge is 2.33. The summed E-state index contributed by atoms with van der Waals surface area (Å²) in [6.45, 7) is 6.08. The lowest BCUT2D eigenvalue weighted by atomic mass is 9.95. The van der Waals surface area contributed by atoms with E-state index in [-0.39, 0.29) is 17.7 Å². The number of hydrogen-bond donors (Lipinski definition) is 0. The van der Waals surface area contributed by atoms with Crippen LogP contribution in [0.1, 0.15) is 19.8 Å². The maximum absolute atomic E-state index is 12.7. The van der Waals surface area contributed by atoms with E-state index in [0.717, 1.165) is 19.0 Å². The quantitative estimate of drug-likeness (QED) is 0.806. The Balaban J connectivity index is 1.55. The van der Waals surface area contributed by atoms with Gasteiger partial charge in [-0.1, -0.05) is 0 Å². The average molecular weight is 317 g/mol. The topological polar surface area (TPSA) is 69.6 Å². The van der Waals surface area contributed by atoms with E-state index in [1.165, 1.54) is 0 Å². The number of hydrogen-bond acceptors (Lipinski definition) is 5. The zero-order valence-corrected chi connectivity index (χ0v) is 13.5. The molecule has 1 atom stereocenters. The molecule has 0 N–H and O–H groups in total. The van der Waals surface area contributed by atoms with E-state index in [1.807, 2.05) is 11.8 Å². The van der Waals surface area contributed by atoms with Gasteiger partial charge in [0.2, 0.25) is 17.8 Å². The summed E-state index contributed by atoms with van der Waals surface area (Å²) in [6, 6.07) is 1.80. The summed E-state index contributed by atoms with van der Waals surface area (Å²) in [5.41, 5.74) is 0. The molecular formula is C16H23N5O2. The third-order valence-corrected chi connectivity index (χ3v) is 4.66. The monoisotopic (exact) mass is 317 g/mol. The van der Waals surface area contributed by atoms with Crippen LogP contribution >= 0.6 is 0 Å². The zero-order valence-electron chi connectivity index (χ0n) is 13.5. The van der Waals surface area contributed by atoms with Gasteiger partial charge >= 0.3 is 0 Å². The summed E-state index contributed by atoms with van der Waals surface area (Å²) in [5, 5.41) is 0. The van der Waals surface area contributed by atoms with Gasteiger partial charge in [0.25, 0.3) is 0 Å². The molecule has 3 rings (SSSR count). The number of amides is 2. The van der Waals surface area contributed by atoms with Crippen molar-refractivity contribution in [3.8, 4) is 0 Å². The van der Waals surface area contributed by atoms with Crippen LogP contribution in [0.15, 0.2) is 18.5 Å². The number of carbonyl (C=O) groups excluding carboxylic acids is 2. The summed E-state index contributed by atoms with van der Waals surface area (Å²) in [6.07, 6.45) is 4.63. The van der Waals surface area contributed by atoms with Gasteiger partial charge in [-0.3, -0.25) is 9.59 Å². The number of piperidine rings is 1. The molecule has 124 valence electrons. The van der Waals surface area contributed by atoms with E-state index >= 15 is 0 Å². The highest BCUT2D eigenvalue weighted by molar-refractivity contribution is 5.84. The molecule has 7 heteroatoms. The zero-order chi connectivity index (χ0) is 16.2. The first-order valence-electron chi connectivity index (χ1n) is 8.27. The van der Waals surface area contributed by atoms with E-state index in [1.54, 1.807) is 23.4 Å². The van der Waals surface area contributed by atoms with Crippen molar-refractivity contribution in [3.05, 3.63) is 18.5 Å². The van der Waals surface area contributed by atoms with Crippen LogP contribution in [-0.2, 0) is 9.59 Å². The summed E-state index contributed by atoms with van der Waals surface area (Å²) in [7, 11) is 0. The Kier molecular flexibility index (Phi) is 4.73. The van der Waals surface area contributed by atoms with Crippen molar-refractivity contribution in [1.82, 2.24) is 19.8 Å². The van der Waals surface area contributed by atoms with Gasteiger partial charge in [-0.2, -0.15) is 0 Å². The minimum Gasteiger partial charge on any atom is -0.342 e. The highest BCUT2D eigenvalue weighted by atomic mass is 16.2. The predicted molar refractivity (Wildman–Crippen MR) is 85.8 cm³/mol. The van der Waals surface area contributed by atoms with Crippen molar-refractivity contribution in [1.29, 1.82) is 0 Å². The van der Waals surface area contributed by atoms with Crippen molar-refractivity contribution in [2.75, 3.05) is 44.2 Å². The second kappa shape index (κ2) is 6.93. The predicted octanol–water partition coefficient (Wildman–Crippen LogP) is 0.384. The summed E-state index contributed by atoms with van der Waals surface area (Å²) in [4.78, 5) is 38.8. The Labute approximate surface area is 136 Å². The molecular weight excluding hydrogens is 294 g/mol. The van der Waals surface area contributed by atoms with Gasteiger partial charge in [0.15, 0.2) is 0 Å². The third-order valence-electron chi connectivity index (χ3n) is 4.66. The van der Waals surface area contributed by atoms with E-state index < -0.39 is 0 Å². The highest BCUT2D eigenvalue weighted by Crippen LogP contribution is 2.21. The largest absolute Gasteiger partial charge is 0.342 e. The summed E-state index contributed by atoms with van der Waals surface area (Å²) < 4.78 is 0. The number of rotatable bonds is 3. The van der Waals surface area contributed by atoms with E-state index in [2.05, 4.69) is 14.9 Å². The van der Waals surface area contributed by atoms with E-state index in [4.69, 9.17) is 0 Å². The van der Waals surface area contributed by atoms with Crippen LogP contribution < -0.4 is 4.90 Å². The van der Waals surface area contributed by atoms with Crippen LogP contribution in [0.4, 0.5) is 5.95 Å². The molecule has 3 heterocycles. The molecule has 0 saturated carbocycles. The van der Waals surface area contributed by atoms with Gasteiger partial charge in [0.1, 0.15) is 0 Å². The van der Waals surface area contributed by atoms with Crippen LogP contribution in [0, 0.1) is 5.92 Å². The Morgan fingerprint density at radius 1 is 1.22 bits per heavy atom. The van der Waals surface area contributed by atoms with E-state index in [0.29, 0.717) is 39.0 Å². The minimum absolute atomic E-state index is 0.0489. The van der Waals surface area contributed by atoms with Gasteiger partial charge in [0.05, 0.1) is 5.92 Å². The Bertz CT molecular complexity index is 557. The molecule has 1 aromatic heterocycles. The molecule has 23 heavy (non-hydrogen) atoms. The SMILES string of the molecule is CCN1CC(C(=O)N2CCN(c3ncccn3)CC2)CCC1=O. The van der Waals surface area contributed by atoms with Crippen molar-refractivity contribution in [2.45, 2.75) is 19.8 Å². The number of piperazine rings is 1. The third kappa shape index (κ3) is 3.43. The van der Waals surface area contributed by atoms with Crippen molar-refractivity contribution >= 4 is 17.8 Å². The summed E-state index contributed by atoms with van der Waals surface area (Å²) in [5.74, 6) is 1.03. The Morgan fingerprint density at radius 3 is 2.57 bits per heavy atom. The second-order valence-corrected chi connectivity index (χ2v) is 6.03. The minimum atomic E-state index is -0.0489. The first-order chi connectivity index (χ1) is 11.2. The number of carbonyl (C=O) groups is 2. The van der Waals surface area contributed by atoms with Gasteiger partial charge in [-0.05, 0) is 19.4 Å². The molecule has 2 fully saturated rings. The smallest absolute Gasteiger partial charge is 0.227 e. The fraction of sp³-hybridized carbons (Fsp3) is 0.625. The lowest BCUT2D eigenvalue weighted by Gasteiger charge is -2.38. The summed E-state index contributed by atoms with van der Waals surface area (Å²) >= 11 is 0. The molecule has 2 aliphatic heterocycles. The lowest BCUT2D eigenvalue weighted by Crippen LogP contribution is -2.53. The first kappa shape index (κ1) is 15.7. The van der Waals surface area contributed by atoms with Gasteiger partial charge < -0.3 is 14.7 Å². The number of likely N-dealkylation sites (tertiary alicyclic amines) is 1. The normalized spacial score (nSPS) is 22.4. The molecule has 7 nitrogen and oxygen atoms in total. The molecule has 2 amide bonds. The van der Waals surface area contributed by atoms with E-state index in [9.17, 15) is 9.59 Å². The van der Waals surface area contributed by atoms with Crippen LogP contribution in [0.2, 0.25) is 0 Å². The Morgan fingerprint density at radius 2 is 1.91 bits per heavy atom. The van der Waals surface area contributed by atoms with Crippen LogP contribution in [0.25, 0.3) is 0 Å². The van der Waals surface area contributed by atoms with Gasteiger partial charge in [0, 0.05) is 58.1 Å². The molecule has 2 saturated heterocycles. The second-order valence-electron chi connectivity index (χ2n) is 6.03. The standard InChI is InChI=1S/C16H23N5O2/c1-2-19-12-13(4-5-14(19)22)15(23)20-8-10-21(11-9-20)16-17-6-3-7-18-16/h3,6-7,13H,2,4-5,8-12H2,1H3. The van der Waals surface area contributed by atoms with Gasteiger partial charge in [-0.25, -0.2) is 9.97 Å². The molecule has 0 radical (unpaired) electrons. The van der Waals surface area contributed by atoms with Crippen molar-refractivity contribution in [3.63, 3.8) is 0 Å². The lowest BCUT2D eigenvalue weighted by molar-refractivity contribution is -0.143. The molecule has 1 unspecified atom stereocenters. The maximum atomic E-state index is 12.7. The van der Waals surface area contributed by atoms with Crippen molar-refractivity contribution in [2.24, 2.45) is 5.92 Å².